The molecule has 0 aliphatic heterocycles. The second-order valence-corrected chi connectivity index (χ2v) is 9.81. The predicted octanol–water partition coefficient (Wildman–Crippen LogP) is -0.951. The van der Waals surface area contributed by atoms with Crippen LogP contribution in [0.15, 0.2) is 74.6 Å². The minimum absolute atomic E-state index is 0. The summed E-state index contributed by atoms with van der Waals surface area (Å²) in [4.78, 5) is -1.14. The van der Waals surface area contributed by atoms with Gasteiger partial charge >= 0.3 is 46.9 Å². The van der Waals surface area contributed by atoms with Crippen LogP contribution in [0.5, 0.6) is 11.6 Å². The van der Waals surface area contributed by atoms with E-state index < -0.39 is 41.7 Å². The molecule has 3 aromatic carbocycles. The molecule has 1 radical (unpaired) electrons. The van der Waals surface area contributed by atoms with Crippen molar-refractivity contribution in [2.75, 3.05) is 0 Å². The molecule has 0 fully saturated rings. The van der Waals surface area contributed by atoms with Crippen LogP contribution >= 0.6 is 0 Å². The molecule has 0 aliphatic rings. The smallest absolute Gasteiger partial charge is 0.871 e. The number of aryl methyl sites for hydroxylation is 1. The molecule has 1 aromatic heterocycles. The van der Waals surface area contributed by atoms with Crippen molar-refractivity contribution in [1.82, 2.24) is 9.78 Å². The van der Waals surface area contributed by atoms with Crippen molar-refractivity contribution in [3.05, 3.63) is 60.3 Å². The summed E-state index contributed by atoms with van der Waals surface area (Å²) in [6, 6.07) is 11.2. The van der Waals surface area contributed by atoms with Crippen LogP contribution in [0.3, 0.4) is 0 Å². The Labute approximate surface area is 238 Å². The fourth-order valence-electron chi connectivity index (χ4n) is 3.28. The molecular weight excluding hydrogens is 563 g/mol. The van der Waals surface area contributed by atoms with E-state index in [2.05, 4.69) is 15.3 Å². The van der Waals surface area contributed by atoms with Gasteiger partial charge in [0.25, 0.3) is 10.1 Å². The van der Waals surface area contributed by atoms with Gasteiger partial charge in [0.15, 0.2) is 0 Å². The van der Waals surface area contributed by atoms with Gasteiger partial charge in [-0.05, 0) is 31.2 Å². The Hall–Kier alpha value is -2.32. The monoisotopic (exact) mass is 576 g/mol. The molecule has 4 rings (SSSR count). The van der Waals surface area contributed by atoms with Crippen LogP contribution in [0.1, 0.15) is 5.69 Å². The van der Waals surface area contributed by atoms with E-state index in [1.807, 2.05) is 0 Å². The third-order valence-corrected chi connectivity index (χ3v) is 6.53. The van der Waals surface area contributed by atoms with Gasteiger partial charge in [-0.25, -0.2) is 13.1 Å². The summed E-state index contributed by atoms with van der Waals surface area (Å²) < 4.78 is 67.4. The normalized spacial score (nSPS) is 11.9. The topological polar surface area (TPSA) is 200 Å². The van der Waals surface area contributed by atoms with Gasteiger partial charge in [0.05, 0.1) is 22.0 Å². The number of hydrogen-bond donors (Lipinski definition) is 1. The van der Waals surface area contributed by atoms with Gasteiger partial charge in [-0.3, -0.25) is 4.55 Å². The van der Waals surface area contributed by atoms with Crippen molar-refractivity contribution in [3.8, 4) is 17.3 Å². The van der Waals surface area contributed by atoms with E-state index in [9.17, 15) is 36.2 Å². The molecule has 0 bridgehead atoms. The van der Waals surface area contributed by atoms with Gasteiger partial charge in [-0.15, -0.1) is 5.11 Å². The van der Waals surface area contributed by atoms with Crippen LogP contribution in [0.2, 0.25) is 0 Å². The fourth-order valence-corrected chi connectivity index (χ4v) is 4.50. The minimum Gasteiger partial charge on any atom is -0.871 e. The van der Waals surface area contributed by atoms with Gasteiger partial charge in [-0.2, -0.15) is 18.6 Å². The van der Waals surface area contributed by atoms with E-state index in [0.717, 1.165) is 16.8 Å². The van der Waals surface area contributed by atoms with E-state index in [4.69, 9.17) is 0 Å². The molecule has 4 aromatic rings. The first-order valence-corrected chi connectivity index (χ1v) is 12.2. The third-order valence-electron chi connectivity index (χ3n) is 4.81. The second-order valence-electron chi connectivity index (χ2n) is 7.04. The molecule has 1 heterocycles. The van der Waals surface area contributed by atoms with E-state index in [0.29, 0.717) is 6.07 Å². The molecule has 16 heteroatoms. The van der Waals surface area contributed by atoms with E-state index in [-0.39, 0.29) is 80.4 Å². The molecule has 1 N–H and O–H groups in total. The average Bonchev–Trinajstić information content (AvgIpc) is 3.05. The first-order chi connectivity index (χ1) is 15.9. The molecular formula is C20H13CrN4NaO8S2+. The molecule has 0 saturated carbocycles. The van der Waals surface area contributed by atoms with Crippen LogP contribution in [-0.4, -0.2) is 35.7 Å². The van der Waals surface area contributed by atoms with Crippen LogP contribution in [0, 0.1) is 6.92 Å². The summed E-state index contributed by atoms with van der Waals surface area (Å²) in [6.45, 7) is 1.43. The number of benzene rings is 3. The van der Waals surface area contributed by atoms with Gasteiger partial charge in [0.1, 0.15) is 20.7 Å². The quantitative estimate of drug-likeness (QED) is 0.177. The van der Waals surface area contributed by atoms with Crippen LogP contribution in [0.25, 0.3) is 16.5 Å². The Morgan fingerprint density at radius 3 is 2.14 bits per heavy atom. The second kappa shape index (κ2) is 11.0. The molecule has 0 spiro atoms. The Morgan fingerprint density at radius 1 is 0.917 bits per heavy atom. The van der Waals surface area contributed by atoms with Crippen molar-refractivity contribution < 1.29 is 83.1 Å². The van der Waals surface area contributed by atoms with Gasteiger partial charge in [0.2, 0.25) is 0 Å². The van der Waals surface area contributed by atoms with Crippen molar-refractivity contribution in [1.29, 1.82) is 0 Å². The fraction of sp³-hybridized carbons (Fsp3) is 0.0500. The number of fused-ring (bicyclic) bond motifs is 1. The van der Waals surface area contributed by atoms with Crippen molar-refractivity contribution in [2.45, 2.75) is 16.7 Å². The third kappa shape index (κ3) is 5.80. The first-order valence-electron chi connectivity index (χ1n) is 9.33. The Balaban J connectivity index is 0.00000228. The standard InChI is InChI=1S/C20H16N4O8S2.Cr.Na/c1-11-18(20(26)24(23-11)12-5-4-6-13(9-12)33(27,28)29)21-22-19-15-8-3-2-7-14(15)17(10-16(19)25)34(30,31)32;;/h2-10,25-26H,1H3,(H,27,28,29)(H,30,31,32);;/q;+3;+1/p-3. The maximum atomic E-state index is 12.8. The number of aromatic nitrogens is 2. The Bertz CT molecular complexity index is 1710. The first kappa shape index (κ1) is 29.9. The maximum absolute atomic E-state index is 12.8. The number of nitrogens with zero attached hydrogens (tertiary/aromatic N) is 4. The zero-order chi connectivity index (χ0) is 24.8. The molecule has 12 nitrogen and oxygen atoms in total. The van der Waals surface area contributed by atoms with Crippen molar-refractivity contribution >= 4 is 42.4 Å². The molecule has 0 aliphatic carbocycles. The molecule has 0 amide bonds. The predicted molar refractivity (Wildman–Crippen MR) is 113 cm³/mol. The number of rotatable bonds is 5. The van der Waals surface area contributed by atoms with Crippen molar-refractivity contribution in [2.24, 2.45) is 10.2 Å². The van der Waals surface area contributed by atoms with Crippen LogP contribution < -0.4 is 39.8 Å². The van der Waals surface area contributed by atoms with Crippen LogP contribution in [-0.2, 0) is 37.6 Å². The summed E-state index contributed by atoms with van der Waals surface area (Å²) in [7, 11) is -9.46. The Morgan fingerprint density at radius 2 is 1.53 bits per heavy atom. The summed E-state index contributed by atoms with van der Waals surface area (Å²) in [5.41, 5.74) is -0.443. The SMILES string of the molecule is Cc1nn(-c2cccc(S(=O)(=O)[O-])c2)c([O-])c1N=Nc1c([O-])cc(S(=O)(=O)O)c2ccccc12.[Cr+3].[Na+]. The number of hydrogen-bond acceptors (Lipinski definition) is 10. The molecule has 179 valence electrons. The molecule has 36 heavy (non-hydrogen) atoms. The summed E-state index contributed by atoms with van der Waals surface area (Å²) >= 11 is 0. The van der Waals surface area contributed by atoms with Gasteiger partial charge in [0, 0.05) is 16.7 Å². The molecule has 0 unspecified atom stereocenters. The Kier molecular flexibility index (Phi) is 9.12. The number of azo groups is 1. The zero-order valence-electron chi connectivity index (χ0n) is 18.5. The molecule has 0 atom stereocenters. The largest absolute Gasteiger partial charge is 3.00 e. The molecule has 0 saturated heterocycles. The van der Waals surface area contributed by atoms with E-state index in [1.54, 1.807) is 0 Å². The zero-order valence-corrected chi connectivity index (χ0v) is 23.4. The minimum atomic E-state index is -4.77. The van der Waals surface area contributed by atoms with Gasteiger partial charge < -0.3 is 14.8 Å². The van der Waals surface area contributed by atoms with E-state index >= 15 is 0 Å². The van der Waals surface area contributed by atoms with E-state index in [1.165, 1.54) is 43.3 Å². The van der Waals surface area contributed by atoms with Crippen LogP contribution in [0.4, 0.5) is 11.4 Å². The van der Waals surface area contributed by atoms with Gasteiger partial charge in [-0.1, -0.05) is 36.1 Å². The average molecular weight is 576 g/mol. The van der Waals surface area contributed by atoms with Crippen molar-refractivity contribution in [3.63, 3.8) is 0 Å². The summed E-state index contributed by atoms with van der Waals surface area (Å²) in [5, 5.41) is 37.2. The summed E-state index contributed by atoms with van der Waals surface area (Å²) in [5.74, 6) is -1.66. The summed E-state index contributed by atoms with van der Waals surface area (Å²) in [6.07, 6.45) is 0. The maximum Gasteiger partial charge on any atom is 3.00 e.